The molecule has 0 unspecified atom stereocenters. The molecule has 2 heteroatoms. The number of hydrogen-bond acceptors (Lipinski definition) is 2. The second-order valence-corrected chi connectivity index (χ2v) is 4.26. The van der Waals surface area contributed by atoms with Gasteiger partial charge in [-0.25, -0.2) is 0 Å². The van der Waals surface area contributed by atoms with Gasteiger partial charge in [-0.2, -0.15) is 0 Å². The molecule has 0 heterocycles. The SMILES string of the molecule is CCNCCCCOCCC1CCC1. The maximum atomic E-state index is 5.59. The van der Waals surface area contributed by atoms with Gasteiger partial charge in [0.15, 0.2) is 0 Å². The van der Waals surface area contributed by atoms with Gasteiger partial charge in [0.1, 0.15) is 0 Å². The van der Waals surface area contributed by atoms with Crippen molar-refractivity contribution in [3.63, 3.8) is 0 Å². The van der Waals surface area contributed by atoms with E-state index in [0.29, 0.717) is 0 Å². The van der Waals surface area contributed by atoms with Gasteiger partial charge in [0, 0.05) is 13.2 Å². The summed E-state index contributed by atoms with van der Waals surface area (Å²) in [7, 11) is 0. The lowest BCUT2D eigenvalue weighted by Crippen LogP contribution is -2.15. The van der Waals surface area contributed by atoms with E-state index >= 15 is 0 Å². The molecule has 84 valence electrons. The lowest BCUT2D eigenvalue weighted by atomic mass is 9.83. The quantitative estimate of drug-likeness (QED) is 0.576. The molecule has 0 radical (unpaired) electrons. The predicted molar refractivity (Wildman–Crippen MR) is 60.6 cm³/mol. The van der Waals surface area contributed by atoms with E-state index < -0.39 is 0 Å². The second-order valence-electron chi connectivity index (χ2n) is 4.26. The second kappa shape index (κ2) is 8.25. The largest absolute Gasteiger partial charge is 0.381 e. The lowest BCUT2D eigenvalue weighted by Gasteiger charge is -2.24. The van der Waals surface area contributed by atoms with Crippen molar-refractivity contribution in [3.8, 4) is 0 Å². The molecule has 1 rings (SSSR count). The highest BCUT2D eigenvalue weighted by molar-refractivity contribution is 4.68. The Hall–Kier alpha value is -0.0800. The monoisotopic (exact) mass is 199 g/mol. The summed E-state index contributed by atoms with van der Waals surface area (Å²) in [4.78, 5) is 0. The van der Waals surface area contributed by atoms with Gasteiger partial charge >= 0.3 is 0 Å². The fourth-order valence-electron chi connectivity index (χ4n) is 1.76. The van der Waals surface area contributed by atoms with E-state index in [1.54, 1.807) is 0 Å². The average molecular weight is 199 g/mol. The highest BCUT2D eigenvalue weighted by atomic mass is 16.5. The Bertz CT molecular complexity index is 123. The molecule has 0 aromatic carbocycles. The maximum Gasteiger partial charge on any atom is 0.0468 e. The third kappa shape index (κ3) is 5.61. The molecule has 1 saturated carbocycles. The highest BCUT2D eigenvalue weighted by Gasteiger charge is 2.16. The smallest absolute Gasteiger partial charge is 0.0468 e. The first-order valence-electron chi connectivity index (χ1n) is 6.22. The molecule has 0 atom stereocenters. The normalized spacial score (nSPS) is 16.9. The molecule has 1 fully saturated rings. The summed E-state index contributed by atoms with van der Waals surface area (Å²) in [5.74, 6) is 0.997. The summed E-state index contributed by atoms with van der Waals surface area (Å²) in [6.45, 7) is 6.32. The van der Waals surface area contributed by atoms with E-state index in [9.17, 15) is 0 Å². The molecule has 0 bridgehead atoms. The van der Waals surface area contributed by atoms with Crippen LogP contribution in [0.1, 0.15) is 45.4 Å². The lowest BCUT2D eigenvalue weighted by molar-refractivity contribution is 0.104. The number of unbranched alkanes of at least 4 members (excludes halogenated alkanes) is 1. The van der Waals surface area contributed by atoms with Crippen molar-refractivity contribution in [1.29, 1.82) is 0 Å². The molecular weight excluding hydrogens is 174 g/mol. The van der Waals surface area contributed by atoms with Crippen LogP contribution in [-0.4, -0.2) is 26.3 Å². The Morgan fingerprint density at radius 3 is 2.71 bits per heavy atom. The third-order valence-corrected chi connectivity index (χ3v) is 3.04. The first kappa shape index (κ1) is 12.0. The standard InChI is InChI=1S/C12H25NO/c1-2-13-9-3-4-10-14-11-8-12-6-5-7-12/h12-13H,2-11H2,1H3. The summed E-state index contributed by atoms with van der Waals surface area (Å²) in [6.07, 6.45) is 8.10. The van der Waals surface area contributed by atoms with E-state index in [2.05, 4.69) is 12.2 Å². The number of ether oxygens (including phenoxy) is 1. The van der Waals surface area contributed by atoms with Crippen molar-refractivity contribution in [2.24, 2.45) is 5.92 Å². The average Bonchev–Trinajstić information content (AvgIpc) is 2.13. The summed E-state index contributed by atoms with van der Waals surface area (Å²) in [5.41, 5.74) is 0. The topological polar surface area (TPSA) is 21.3 Å². The van der Waals surface area contributed by atoms with Crippen LogP contribution in [0.2, 0.25) is 0 Å². The van der Waals surface area contributed by atoms with Crippen LogP contribution >= 0.6 is 0 Å². The Morgan fingerprint density at radius 1 is 1.21 bits per heavy atom. The van der Waals surface area contributed by atoms with Crippen LogP contribution in [0.25, 0.3) is 0 Å². The molecule has 0 aliphatic heterocycles. The van der Waals surface area contributed by atoms with Crippen molar-refractivity contribution >= 4 is 0 Å². The van der Waals surface area contributed by atoms with Gasteiger partial charge in [0.05, 0.1) is 0 Å². The van der Waals surface area contributed by atoms with Gasteiger partial charge in [0.2, 0.25) is 0 Å². The molecule has 0 saturated heterocycles. The molecule has 1 aliphatic rings. The number of rotatable bonds is 9. The van der Waals surface area contributed by atoms with Crippen LogP contribution in [0.3, 0.4) is 0 Å². The Morgan fingerprint density at radius 2 is 2.07 bits per heavy atom. The minimum Gasteiger partial charge on any atom is -0.381 e. The minimum atomic E-state index is 0.956. The summed E-state index contributed by atoms with van der Waals surface area (Å²) in [6, 6.07) is 0. The van der Waals surface area contributed by atoms with Gasteiger partial charge in [0.25, 0.3) is 0 Å². The van der Waals surface area contributed by atoms with Crippen molar-refractivity contribution in [2.75, 3.05) is 26.3 Å². The predicted octanol–water partition coefficient (Wildman–Crippen LogP) is 2.58. The molecule has 2 nitrogen and oxygen atoms in total. The van der Waals surface area contributed by atoms with Crippen LogP contribution in [0.5, 0.6) is 0 Å². The van der Waals surface area contributed by atoms with E-state index in [0.717, 1.165) is 32.2 Å². The zero-order valence-corrected chi connectivity index (χ0v) is 9.56. The van der Waals surface area contributed by atoms with Crippen molar-refractivity contribution in [2.45, 2.75) is 45.4 Å². The summed E-state index contributed by atoms with van der Waals surface area (Å²) >= 11 is 0. The van der Waals surface area contributed by atoms with Gasteiger partial charge in [-0.3, -0.25) is 0 Å². The maximum absolute atomic E-state index is 5.59. The molecule has 0 amide bonds. The van der Waals surface area contributed by atoms with Gasteiger partial charge in [-0.1, -0.05) is 26.2 Å². The van der Waals surface area contributed by atoms with Crippen molar-refractivity contribution < 1.29 is 4.74 Å². The molecule has 1 aliphatic carbocycles. The van der Waals surface area contributed by atoms with E-state index in [1.807, 2.05) is 0 Å². The van der Waals surface area contributed by atoms with E-state index in [1.165, 1.54) is 38.5 Å². The van der Waals surface area contributed by atoms with Gasteiger partial charge in [-0.15, -0.1) is 0 Å². The Labute approximate surface area is 88.4 Å². The molecule has 0 aromatic heterocycles. The van der Waals surface area contributed by atoms with E-state index in [-0.39, 0.29) is 0 Å². The first-order chi connectivity index (χ1) is 6.93. The molecule has 0 spiro atoms. The van der Waals surface area contributed by atoms with Crippen LogP contribution in [-0.2, 0) is 4.74 Å². The highest BCUT2D eigenvalue weighted by Crippen LogP contribution is 2.28. The van der Waals surface area contributed by atoms with Crippen LogP contribution in [0, 0.1) is 5.92 Å². The van der Waals surface area contributed by atoms with Crippen LogP contribution in [0.15, 0.2) is 0 Å². The Balaban J connectivity index is 1.67. The Kier molecular flexibility index (Phi) is 7.06. The zero-order valence-electron chi connectivity index (χ0n) is 9.56. The first-order valence-corrected chi connectivity index (χ1v) is 6.22. The van der Waals surface area contributed by atoms with E-state index in [4.69, 9.17) is 4.74 Å². The molecular formula is C12H25NO. The molecule has 0 aromatic rings. The molecule has 1 N–H and O–H groups in total. The fourth-order valence-corrected chi connectivity index (χ4v) is 1.76. The molecule has 14 heavy (non-hydrogen) atoms. The number of hydrogen-bond donors (Lipinski definition) is 1. The van der Waals surface area contributed by atoms with Gasteiger partial charge in [-0.05, 0) is 38.3 Å². The summed E-state index contributed by atoms with van der Waals surface area (Å²) < 4.78 is 5.59. The third-order valence-electron chi connectivity index (χ3n) is 3.04. The number of nitrogens with one attached hydrogen (secondary N) is 1. The van der Waals surface area contributed by atoms with Gasteiger partial charge < -0.3 is 10.1 Å². The minimum absolute atomic E-state index is 0.956. The fraction of sp³-hybridized carbons (Fsp3) is 1.00. The van der Waals surface area contributed by atoms with Crippen LogP contribution in [0.4, 0.5) is 0 Å². The van der Waals surface area contributed by atoms with Crippen molar-refractivity contribution in [3.05, 3.63) is 0 Å². The van der Waals surface area contributed by atoms with Crippen LogP contribution < -0.4 is 5.32 Å². The van der Waals surface area contributed by atoms with Crippen molar-refractivity contribution in [1.82, 2.24) is 5.32 Å². The zero-order chi connectivity index (χ0) is 10.1. The summed E-state index contributed by atoms with van der Waals surface area (Å²) in [5, 5.41) is 3.32.